The molecule has 1 saturated heterocycles. The van der Waals surface area contributed by atoms with E-state index in [0.717, 1.165) is 50.5 Å². The average molecular weight is 330 g/mol. The maximum atomic E-state index is 11.6. The largest absolute Gasteiger partial charge is 0.465 e. The molecule has 1 N–H and O–H groups in total. The lowest BCUT2D eigenvalue weighted by molar-refractivity contribution is 0.195. The molecule has 0 atom stereocenters. The number of aromatic nitrogens is 3. The summed E-state index contributed by atoms with van der Waals surface area (Å²) < 4.78 is 7.11. The molecule has 0 radical (unpaired) electrons. The van der Waals surface area contributed by atoms with E-state index in [-0.39, 0.29) is 5.69 Å². The Kier molecular flexibility index (Phi) is 5.35. The van der Waals surface area contributed by atoms with Gasteiger partial charge < -0.3 is 4.42 Å². The van der Waals surface area contributed by atoms with Gasteiger partial charge in [-0.2, -0.15) is 5.10 Å². The maximum Gasteiger partial charge on any atom is 0.343 e. The first-order chi connectivity index (χ1) is 11.7. The number of hydrogen-bond acceptors (Lipinski definition) is 4. The summed E-state index contributed by atoms with van der Waals surface area (Å²) in [4.78, 5) is 14.1. The second kappa shape index (κ2) is 7.66. The molecular weight excluding hydrogens is 304 g/mol. The predicted molar refractivity (Wildman–Crippen MR) is 93.7 cm³/mol. The first-order valence-electron chi connectivity index (χ1n) is 8.72. The van der Waals surface area contributed by atoms with E-state index in [1.807, 2.05) is 19.1 Å². The molecule has 0 spiro atoms. The molecule has 0 bridgehead atoms. The van der Waals surface area contributed by atoms with Gasteiger partial charge >= 0.3 is 5.69 Å². The van der Waals surface area contributed by atoms with Crippen molar-refractivity contribution in [1.82, 2.24) is 19.7 Å². The predicted octanol–water partition coefficient (Wildman–Crippen LogP) is 2.54. The minimum atomic E-state index is -0.0939. The standard InChI is InChI=1S/C18H26N4O2/c1-3-22-17(19-20-18(22)23)12-15-6-8-21(9-7-15)13-14(2)11-16-5-4-10-24-16/h4-5,10-11,15H,3,6-9,12-13H2,1-2H3,(H,20,23). The number of likely N-dealkylation sites (tertiary alicyclic amines) is 1. The summed E-state index contributed by atoms with van der Waals surface area (Å²) in [5, 5.41) is 6.75. The molecular formula is C18H26N4O2. The molecule has 6 heteroatoms. The number of aromatic amines is 1. The van der Waals surface area contributed by atoms with Gasteiger partial charge in [0.15, 0.2) is 0 Å². The number of hydrogen-bond donors (Lipinski definition) is 1. The van der Waals surface area contributed by atoms with Crippen molar-refractivity contribution in [3.63, 3.8) is 0 Å². The van der Waals surface area contributed by atoms with E-state index in [1.54, 1.807) is 10.8 Å². The Morgan fingerprint density at radius 2 is 2.25 bits per heavy atom. The van der Waals surface area contributed by atoms with E-state index in [1.165, 1.54) is 5.57 Å². The van der Waals surface area contributed by atoms with Crippen LogP contribution >= 0.6 is 0 Å². The van der Waals surface area contributed by atoms with Gasteiger partial charge in [0.1, 0.15) is 11.6 Å². The summed E-state index contributed by atoms with van der Waals surface area (Å²) in [5.74, 6) is 2.42. The number of rotatable bonds is 6. The molecule has 1 aliphatic rings. The number of nitrogens with one attached hydrogen (secondary N) is 1. The third kappa shape index (κ3) is 4.06. The molecule has 0 saturated carbocycles. The van der Waals surface area contributed by atoms with Crippen molar-refractivity contribution in [3.8, 4) is 0 Å². The second-order valence-corrected chi connectivity index (χ2v) is 6.62. The summed E-state index contributed by atoms with van der Waals surface area (Å²) in [6.45, 7) is 7.98. The van der Waals surface area contributed by atoms with Crippen LogP contribution in [0.2, 0.25) is 0 Å². The second-order valence-electron chi connectivity index (χ2n) is 6.62. The van der Waals surface area contributed by atoms with Gasteiger partial charge in [0.05, 0.1) is 6.26 Å². The van der Waals surface area contributed by atoms with E-state index in [2.05, 4.69) is 28.1 Å². The van der Waals surface area contributed by atoms with E-state index in [4.69, 9.17) is 4.42 Å². The Labute approximate surface area is 142 Å². The molecule has 2 aromatic heterocycles. The summed E-state index contributed by atoms with van der Waals surface area (Å²) in [6, 6.07) is 3.89. The Bertz CT molecular complexity index is 719. The number of furan rings is 1. The van der Waals surface area contributed by atoms with Crippen molar-refractivity contribution >= 4 is 6.08 Å². The van der Waals surface area contributed by atoms with E-state index >= 15 is 0 Å². The van der Waals surface area contributed by atoms with Crippen LogP contribution in [0, 0.1) is 5.92 Å². The molecule has 6 nitrogen and oxygen atoms in total. The van der Waals surface area contributed by atoms with Crippen molar-refractivity contribution in [2.75, 3.05) is 19.6 Å². The fourth-order valence-electron chi connectivity index (χ4n) is 3.45. The molecule has 1 aliphatic heterocycles. The summed E-state index contributed by atoms with van der Waals surface area (Å²) in [5.41, 5.74) is 1.22. The van der Waals surface area contributed by atoms with Gasteiger partial charge in [-0.1, -0.05) is 5.57 Å². The molecule has 3 rings (SSSR count). The van der Waals surface area contributed by atoms with Gasteiger partial charge in [-0.3, -0.25) is 9.47 Å². The molecule has 0 unspecified atom stereocenters. The van der Waals surface area contributed by atoms with E-state index in [0.29, 0.717) is 12.5 Å². The zero-order valence-corrected chi connectivity index (χ0v) is 14.5. The Hall–Kier alpha value is -2.08. The Morgan fingerprint density at radius 1 is 1.46 bits per heavy atom. The monoisotopic (exact) mass is 330 g/mol. The topological polar surface area (TPSA) is 67.1 Å². The molecule has 3 heterocycles. The molecule has 0 amide bonds. The lowest BCUT2D eigenvalue weighted by Gasteiger charge is -2.32. The fourth-order valence-corrected chi connectivity index (χ4v) is 3.45. The van der Waals surface area contributed by atoms with Crippen LogP contribution in [0.5, 0.6) is 0 Å². The van der Waals surface area contributed by atoms with Crippen molar-refractivity contribution in [2.24, 2.45) is 5.92 Å². The van der Waals surface area contributed by atoms with Crippen molar-refractivity contribution in [1.29, 1.82) is 0 Å². The van der Waals surface area contributed by atoms with Crippen LogP contribution in [-0.4, -0.2) is 39.3 Å². The maximum absolute atomic E-state index is 11.6. The Morgan fingerprint density at radius 3 is 2.92 bits per heavy atom. The highest BCUT2D eigenvalue weighted by Gasteiger charge is 2.21. The van der Waals surface area contributed by atoms with Crippen LogP contribution < -0.4 is 5.69 Å². The molecule has 0 aliphatic carbocycles. The van der Waals surface area contributed by atoms with Crippen LogP contribution in [-0.2, 0) is 13.0 Å². The third-order valence-corrected chi connectivity index (χ3v) is 4.74. The lowest BCUT2D eigenvalue weighted by Crippen LogP contribution is -2.35. The van der Waals surface area contributed by atoms with Crippen LogP contribution in [0.3, 0.4) is 0 Å². The lowest BCUT2D eigenvalue weighted by atomic mass is 9.93. The smallest absolute Gasteiger partial charge is 0.343 e. The highest BCUT2D eigenvalue weighted by molar-refractivity contribution is 5.46. The molecule has 0 aromatic carbocycles. The third-order valence-electron chi connectivity index (χ3n) is 4.74. The van der Waals surface area contributed by atoms with Crippen LogP contribution in [0.4, 0.5) is 0 Å². The highest BCUT2D eigenvalue weighted by Crippen LogP contribution is 2.21. The molecule has 2 aromatic rings. The first kappa shape index (κ1) is 16.8. The summed E-state index contributed by atoms with van der Waals surface area (Å²) in [7, 11) is 0. The highest BCUT2D eigenvalue weighted by atomic mass is 16.3. The van der Waals surface area contributed by atoms with Gasteiger partial charge in [-0.05, 0) is 63.9 Å². The van der Waals surface area contributed by atoms with Gasteiger partial charge in [0, 0.05) is 19.5 Å². The minimum Gasteiger partial charge on any atom is -0.465 e. The van der Waals surface area contributed by atoms with Crippen LogP contribution in [0.1, 0.15) is 38.3 Å². The average Bonchev–Trinajstić information content (AvgIpc) is 3.19. The van der Waals surface area contributed by atoms with Gasteiger partial charge in [0.25, 0.3) is 0 Å². The van der Waals surface area contributed by atoms with Crippen LogP contribution in [0.15, 0.2) is 33.2 Å². The number of piperidine rings is 1. The van der Waals surface area contributed by atoms with Crippen LogP contribution in [0.25, 0.3) is 6.08 Å². The van der Waals surface area contributed by atoms with Gasteiger partial charge in [-0.15, -0.1) is 0 Å². The zero-order chi connectivity index (χ0) is 16.9. The normalized spacial score (nSPS) is 17.5. The SMILES string of the molecule is CCn1c(CC2CCN(CC(C)=Cc3ccco3)CC2)n[nH]c1=O. The summed E-state index contributed by atoms with van der Waals surface area (Å²) in [6.07, 6.45) is 7.00. The first-order valence-corrected chi connectivity index (χ1v) is 8.72. The molecule has 130 valence electrons. The number of nitrogens with zero attached hydrogens (tertiary/aromatic N) is 3. The zero-order valence-electron chi connectivity index (χ0n) is 14.5. The van der Waals surface area contributed by atoms with E-state index in [9.17, 15) is 4.79 Å². The van der Waals surface area contributed by atoms with Crippen molar-refractivity contribution < 1.29 is 4.42 Å². The van der Waals surface area contributed by atoms with Gasteiger partial charge in [0.2, 0.25) is 0 Å². The van der Waals surface area contributed by atoms with Gasteiger partial charge in [-0.25, -0.2) is 9.89 Å². The van der Waals surface area contributed by atoms with Crippen molar-refractivity contribution in [2.45, 2.75) is 39.7 Å². The van der Waals surface area contributed by atoms with E-state index < -0.39 is 0 Å². The molecule has 1 fully saturated rings. The summed E-state index contributed by atoms with van der Waals surface area (Å²) >= 11 is 0. The Balaban J connectivity index is 1.50. The fraction of sp³-hybridized carbons (Fsp3) is 0.556. The minimum absolute atomic E-state index is 0.0939. The van der Waals surface area contributed by atoms with Crippen molar-refractivity contribution in [3.05, 3.63) is 46.0 Å². The quantitative estimate of drug-likeness (QED) is 0.884. The molecule has 24 heavy (non-hydrogen) atoms. The number of H-pyrrole nitrogens is 1.